The maximum absolute atomic E-state index is 9.27. The van der Waals surface area contributed by atoms with Crippen molar-refractivity contribution in [2.75, 3.05) is 6.61 Å². The second kappa shape index (κ2) is 6.11. The van der Waals surface area contributed by atoms with E-state index in [2.05, 4.69) is 6.92 Å². The first-order valence-electron chi connectivity index (χ1n) is 5.97. The molecule has 1 heterocycles. The highest BCUT2D eigenvalue weighted by molar-refractivity contribution is 6.35. The van der Waals surface area contributed by atoms with E-state index in [4.69, 9.17) is 32.7 Å². The summed E-state index contributed by atoms with van der Waals surface area (Å²) in [4.78, 5) is 0. The maximum Gasteiger partial charge on any atom is 0.143 e. The van der Waals surface area contributed by atoms with Crippen LogP contribution < -0.4 is 4.74 Å². The third-order valence-electron chi connectivity index (χ3n) is 2.99. The Bertz CT molecular complexity index is 423. The first-order valence-corrected chi connectivity index (χ1v) is 6.72. The van der Waals surface area contributed by atoms with Crippen LogP contribution in [0.1, 0.15) is 25.3 Å². The molecule has 2 unspecified atom stereocenters. The van der Waals surface area contributed by atoms with Crippen LogP contribution in [-0.4, -0.2) is 23.9 Å². The monoisotopic (exact) mass is 290 g/mol. The van der Waals surface area contributed by atoms with Gasteiger partial charge < -0.3 is 14.6 Å². The van der Waals surface area contributed by atoms with Crippen molar-refractivity contribution in [2.45, 2.75) is 38.6 Å². The average Bonchev–Trinajstić information content (AvgIpc) is 2.73. The van der Waals surface area contributed by atoms with Crippen LogP contribution >= 0.6 is 23.2 Å². The lowest BCUT2D eigenvalue weighted by atomic mass is 10.2. The molecule has 2 atom stereocenters. The van der Waals surface area contributed by atoms with Gasteiger partial charge in [0.15, 0.2) is 0 Å². The molecule has 0 aromatic heterocycles. The summed E-state index contributed by atoms with van der Waals surface area (Å²) in [5.41, 5.74) is 0.596. The molecular formula is C13H16Cl2O3. The Kier molecular flexibility index (Phi) is 4.73. The van der Waals surface area contributed by atoms with E-state index in [-0.39, 0.29) is 18.8 Å². The zero-order chi connectivity index (χ0) is 13.1. The fourth-order valence-electron chi connectivity index (χ4n) is 2.08. The molecule has 0 saturated carbocycles. The van der Waals surface area contributed by atoms with E-state index < -0.39 is 0 Å². The number of benzene rings is 1. The van der Waals surface area contributed by atoms with Crippen molar-refractivity contribution in [3.05, 3.63) is 27.7 Å². The summed E-state index contributed by atoms with van der Waals surface area (Å²) >= 11 is 11.9. The second-order valence-electron chi connectivity index (χ2n) is 4.49. The molecule has 1 aromatic carbocycles. The van der Waals surface area contributed by atoms with E-state index in [9.17, 15) is 5.11 Å². The molecule has 2 rings (SSSR count). The number of hydrogen-bond acceptors (Lipinski definition) is 3. The first-order chi connectivity index (χ1) is 8.60. The molecule has 0 radical (unpaired) electrons. The van der Waals surface area contributed by atoms with Gasteiger partial charge in [-0.25, -0.2) is 0 Å². The maximum atomic E-state index is 9.27. The summed E-state index contributed by atoms with van der Waals surface area (Å²) in [6, 6.07) is 3.26. The van der Waals surface area contributed by atoms with Crippen LogP contribution in [0.25, 0.3) is 0 Å². The van der Waals surface area contributed by atoms with E-state index in [1.165, 1.54) is 0 Å². The van der Waals surface area contributed by atoms with E-state index in [1.54, 1.807) is 12.1 Å². The van der Waals surface area contributed by atoms with Crippen molar-refractivity contribution in [2.24, 2.45) is 0 Å². The number of aliphatic hydroxyl groups excluding tert-OH is 1. The van der Waals surface area contributed by atoms with Crippen LogP contribution in [0, 0.1) is 0 Å². The van der Waals surface area contributed by atoms with Crippen LogP contribution in [0.3, 0.4) is 0 Å². The summed E-state index contributed by atoms with van der Waals surface area (Å²) in [6.45, 7) is 2.34. The standard InChI is InChI=1S/C13H16Cl2O3/c1-8-2-3-11(18-8)7-17-13-9(6-16)4-10(14)5-12(13)15/h4-5,8,11,16H,2-3,6-7H2,1H3. The molecule has 0 bridgehead atoms. The van der Waals surface area contributed by atoms with E-state index >= 15 is 0 Å². The van der Waals surface area contributed by atoms with Gasteiger partial charge >= 0.3 is 0 Å². The molecule has 0 aliphatic carbocycles. The molecule has 1 fully saturated rings. The molecule has 1 saturated heterocycles. The van der Waals surface area contributed by atoms with Gasteiger partial charge in [0, 0.05) is 10.6 Å². The molecule has 5 heteroatoms. The second-order valence-corrected chi connectivity index (χ2v) is 5.33. The quantitative estimate of drug-likeness (QED) is 0.923. The minimum absolute atomic E-state index is 0.0956. The lowest BCUT2D eigenvalue weighted by Gasteiger charge is -2.16. The molecule has 100 valence electrons. The zero-order valence-corrected chi connectivity index (χ0v) is 11.7. The number of aliphatic hydroxyl groups is 1. The van der Waals surface area contributed by atoms with Gasteiger partial charge in [0.05, 0.1) is 23.8 Å². The van der Waals surface area contributed by atoms with E-state index in [0.717, 1.165) is 12.8 Å². The van der Waals surface area contributed by atoms with Gasteiger partial charge in [-0.15, -0.1) is 0 Å². The Balaban J connectivity index is 2.04. The van der Waals surface area contributed by atoms with Crippen LogP contribution in [0.15, 0.2) is 12.1 Å². The minimum Gasteiger partial charge on any atom is -0.489 e. The van der Waals surface area contributed by atoms with Crippen molar-refractivity contribution < 1.29 is 14.6 Å². The van der Waals surface area contributed by atoms with Crippen molar-refractivity contribution >= 4 is 23.2 Å². The topological polar surface area (TPSA) is 38.7 Å². The lowest BCUT2D eigenvalue weighted by molar-refractivity contribution is 0.0260. The normalized spacial score (nSPS) is 23.3. The largest absolute Gasteiger partial charge is 0.489 e. The Morgan fingerprint density at radius 1 is 1.39 bits per heavy atom. The van der Waals surface area contributed by atoms with Crippen LogP contribution in [-0.2, 0) is 11.3 Å². The molecule has 0 amide bonds. The first kappa shape index (κ1) is 13.9. The molecule has 1 aliphatic rings. The molecule has 0 spiro atoms. The summed E-state index contributed by atoms with van der Waals surface area (Å²) in [7, 11) is 0. The molecule has 3 nitrogen and oxygen atoms in total. The average molecular weight is 291 g/mol. The van der Waals surface area contributed by atoms with Crippen LogP contribution in [0.5, 0.6) is 5.75 Å². The van der Waals surface area contributed by atoms with Crippen molar-refractivity contribution in [1.29, 1.82) is 0 Å². The highest BCUT2D eigenvalue weighted by Gasteiger charge is 2.23. The molecule has 1 N–H and O–H groups in total. The van der Waals surface area contributed by atoms with Gasteiger partial charge in [0.2, 0.25) is 0 Å². The van der Waals surface area contributed by atoms with Gasteiger partial charge in [-0.2, -0.15) is 0 Å². The minimum atomic E-state index is -0.155. The number of rotatable bonds is 4. The van der Waals surface area contributed by atoms with E-state index in [1.807, 2.05) is 0 Å². The SMILES string of the molecule is CC1CCC(COc2c(Cl)cc(Cl)cc2CO)O1. The number of halogens is 2. The summed E-state index contributed by atoms with van der Waals surface area (Å²) < 4.78 is 11.3. The van der Waals surface area contributed by atoms with Gasteiger partial charge in [-0.3, -0.25) is 0 Å². The van der Waals surface area contributed by atoms with Crippen LogP contribution in [0.2, 0.25) is 10.0 Å². The Morgan fingerprint density at radius 3 is 2.78 bits per heavy atom. The fourth-order valence-corrected chi connectivity index (χ4v) is 2.67. The molecule has 18 heavy (non-hydrogen) atoms. The van der Waals surface area contributed by atoms with E-state index in [0.29, 0.717) is 28.0 Å². The fraction of sp³-hybridized carbons (Fsp3) is 0.538. The highest BCUT2D eigenvalue weighted by Crippen LogP contribution is 2.33. The van der Waals surface area contributed by atoms with Crippen LogP contribution in [0.4, 0.5) is 0 Å². The molecule has 1 aliphatic heterocycles. The predicted octanol–water partition coefficient (Wildman–Crippen LogP) is 3.43. The summed E-state index contributed by atoms with van der Waals surface area (Å²) in [6.07, 6.45) is 2.42. The number of ether oxygens (including phenoxy) is 2. The third kappa shape index (κ3) is 3.29. The van der Waals surface area contributed by atoms with Crippen molar-refractivity contribution in [3.63, 3.8) is 0 Å². The van der Waals surface area contributed by atoms with Crippen molar-refractivity contribution in [3.8, 4) is 5.75 Å². The zero-order valence-electron chi connectivity index (χ0n) is 10.2. The number of hydrogen-bond donors (Lipinski definition) is 1. The highest BCUT2D eigenvalue weighted by atomic mass is 35.5. The summed E-state index contributed by atoms with van der Waals surface area (Å²) in [5.74, 6) is 0.492. The molecule has 1 aromatic rings. The van der Waals surface area contributed by atoms with Gasteiger partial charge in [0.25, 0.3) is 0 Å². The Labute approximate surface area is 117 Å². The Morgan fingerprint density at radius 2 is 2.17 bits per heavy atom. The van der Waals surface area contributed by atoms with Gasteiger partial charge in [0.1, 0.15) is 12.4 Å². The Hall–Kier alpha value is -0.480. The lowest BCUT2D eigenvalue weighted by Crippen LogP contribution is -2.18. The molecular weight excluding hydrogens is 275 g/mol. The predicted molar refractivity (Wildman–Crippen MR) is 71.4 cm³/mol. The van der Waals surface area contributed by atoms with Gasteiger partial charge in [-0.1, -0.05) is 23.2 Å². The summed E-state index contributed by atoms with van der Waals surface area (Å²) in [5, 5.41) is 10.2. The van der Waals surface area contributed by atoms with Gasteiger partial charge in [-0.05, 0) is 31.9 Å². The van der Waals surface area contributed by atoms with Crippen molar-refractivity contribution in [1.82, 2.24) is 0 Å². The smallest absolute Gasteiger partial charge is 0.143 e. The third-order valence-corrected chi connectivity index (χ3v) is 3.49.